The summed E-state index contributed by atoms with van der Waals surface area (Å²) in [5.41, 5.74) is 1.16. The zero-order valence-corrected chi connectivity index (χ0v) is 17.1. The lowest BCUT2D eigenvalue weighted by molar-refractivity contribution is 0.115. The third-order valence-corrected chi connectivity index (χ3v) is 5.81. The lowest BCUT2D eigenvalue weighted by Gasteiger charge is -2.22. The van der Waals surface area contributed by atoms with Crippen molar-refractivity contribution in [3.63, 3.8) is 0 Å². The van der Waals surface area contributed by atoms with Gasteiger partial charge in [0.2, 0.25) is 0 Å². The summed E-state index contributed by atoms with van der Waals surface area (Å²) in [5, 5.41) is 6.74. The normalized spacial score (nSPS) is 17.8. The lowest BCUT2D eigenvalue weighted by Crippen LogP contribution is -2.40. The van der Waals surface area contributed by atoms with E-state index in [9.17, 15) is 0 Å². The molecular weight excluding hydrogens is 346 g/mol. The Morgan fingerprint density at radius 3 is 2.96 bits per heavy atom. The number of aliphatic imine (C=N–C) groups is 1. The van der Waals surface area contributed by atoms with Crippen molar-refractivity contribution in [2.24, 2.45) is 10.9 Å². The van der Waals surface area contributed by atoms with Crippen molar-refractivity contribution in [2.45, 2.75) is 39.0 Å². The van der Waals surface area contributed by atoms with Crippen LogP contribution in [0.15, 0.2) is 10.4 Å². The quantitative estimate of drug-likeness (QED) is 0.385. The summed E-state index contributed by atoms with van der Waals surface area (Å²) in [6.07, 6.45) is 6.17. The van der Waals surface area contributed by atoms with Crippen LogP contribution in [0.4, 0.5) is 5.13 Å². The van der Waals surface area contributed by atoms with Crippen LogP contribution in [0.1, 0.15) is 38.3 Å². The number of hydrogen-bond acceptors (Lipinski definition) is 5. The van der Waals surface area contributed by atoms with Gasteiger partial charge >= 0.3 is 0 Å². The van der Waals surface area contributed by atoms with Crippen LogP contribution in [0, 0.1) is 5.92 Å². The number of nitrogens with zero attached hydrogens (tertiary/aromatic N) is 4. The Kier molecular flexibility index (Phi) is 7.55. The van der Waals surface area contributed by atoms with E-state index >= 15 is 0 Å². The maximum absolute atomic E-state index is 5.74. The highest BCUT2D eigenvalue weighted by Gasteiger charge is 2.21. The fourth-order valence-corrected chi connectivity index (χ4v) is 3.97. The summed E-state index contributed by atoms with van der Waals surface area (Å²) in [7, 11) is 2.08. The molecule has 0 unspecified atom stereocenters. The van der Waals surface area contributed by atoms with Crippen LogP contribution in [-0.4, -0.2) is 68.8 Å². The van der Waals surface area contributed by atoms with E-state index in [-0.39, 0.29) is 0 Å². The molecule has 1 aromatic heterocycles. The van der Waals surface area contributed by atoms with Gasteiger partial charge in [0.15, 0.2) is 11.1 Å². The van der Waals surface area contributed by atoms with Gasteiger partial charge in [-0.25, -0.2) is 4.98 Å². The average molecular weight is 380 g/mol. The molecular formula is C19H33N5OS. The van der Waals surface area contributed by atoms with Gasteiger partial charge in [-0.1, -0.05) is 0 Å². The zero-order valence-electron chi connectivity index (χ0n) is 16.2. The average Bonchev–Trinajstić information content (AvgIpc) is 3.11. The monoisotopic (exact) mass is 379 g/mol. The zero-order chi connectivity index (χ0) is 18.2. The van der Waals surface area contributed by atoms with Crippen LogP contribution in [0.3, 0.4) is 0 Å². The third kappa shape index (κ3) is 6.13. The molecule has 2 aliphatic rings. The molecule has 1 aromatic rings. The van der Waals surface area contributed by atoms with E-state index in [4.69, 9.17) is 14.7 Å². The molecule has 0 spiro atoms. The molecule has 7 heteroatoms. The van der Waals surface area contributed by atoms with Crippen molar-refractivity contribution >= 4 is 22.4 Å². The van der Waals surface area contributed by atoms with Gasteiger partial charge in [-0.3, -0.25) is 4.99 Å². The molecule has 6 nitrogen and oxygen atoms in total. The van der Waals surface area contributed by atoms with E-state index < -0.39 is 0 Å². The van der Waals surface area contributed by atoms with Crippen LogP contribution < -0.4 is 10.2 Å². The molecule has 146 valence electrons. The summed E-state index contributed by atoms with van der Waals surface area (Å²) >= 11 is 1.77. The molecule has 3 rings (SSSR count). The topological polar surface area (TPSA) is 53.0 Å². The van der Waals surface area contributed by atoms with E-state index in [0.29, 0.717) is 0 Å². The highest BCUT2D eigenvalue weighted by Crippen LogP contribution is 2.28. The van der Waals surface area contributed by atoms with Gasteiger partial charge in [0.1, 0.15) is 0 Å². The second kappa shape index (κ2) is 10.1. The molecule has 1 saturated heterocycles. The molecule has 0 atom stereocenters. The molecule has 26 heavy (non-hydrogen) atoms. The smallest absolute Gasteiger partial charge is 0.193 e. The number of nitrogens with one attached hydrogen (secondary N) is 1. The van der Waals surface area contributed by atoms with Crippen molar-refractivity contribution in [1.82, 2.24) is 15.2 Å². The minimum Gasteiger partial charge on any atom is -0.379 e. The van der Waals surface area contributed by atoms with Crippen molar-refractivity contribution in [3.8, 4) is 0 Å². The van der Waals surface area contributed by atoms with E-state index in [1.807, 2.05) is 0 Å². The molecule has 2 fully saturated rings. The Balaban J connectivity index is 1.42. The van der Waals surface area contributed by atoms with E-state index in [1.54, 1.807) is 11.3 Å². The largest absolute Gasteiger partial charge is 0.379 e. The Morgan fingerprint density at radius 2 is 2.23 bits per heavy atom. The van der Waals surface area contributed by atoms with Crippen molar-refractivity contribution < 1.29 is 4.74 Å². The summed E-state index contributed by atoms with van der Waals surface area (Å²) in [4.78, 5) is 14.1. The predicted octanol–water partition coefficient (Wildman–Crippen LogP) is 2.61. The SMILES string of the molecule is CCNC(=NCCc1csc(N2CCCC2)n1)N(C)CCOCC1CC1. The fraction of sp³-hybridized carbons (Fsp3) is 0.789. The lowest BCUT2D eigenvalue weighted by atomic mass is 10.3. The van der Waals surface area contributed by atoms with E-state index in [1.165, 1.54) is 30.8 Å². The fourth-order valence-electron chi connectivity index (χ4n) is 3.05. The first-order valence-electron chi connectivity index (χ1n) is 10.0. The Labute approximate surface area is 161 Å². The molecule has 1 N–H and O–H groups in total. The Hall–Kier alpha value is -1.34. The van der Waals surface area contributed by atoms with E-state index in [0.717, 1.165) is 69.9 Å². The van der Waals surface area contributed by atoms with Gasteiger partial charge in [-0.05, 0) is 38.5 Å². The highest BCUT2D eigenvalue weighted by molar-refractivity contribution is 7.13. The van der Waals surface area contributed by atoms with Crippen molar-refractivity contribution in [3.05, 3.63) is 11.1 Å². The van der Waals surface area contributed by atoms with Gasteiger partial charge in [0.25, 0.3) is 0 Å². The molecule has 0 aromatic carbocycles. The van der Waals surface area contributed by atoms with Gasteiger partial charge in [-0.2, -0.15) is 0 Å². The van der Waals surface area contributed by atoms with Gasteiger partial charge < -0.3 is 19.9 Å². The van der Waals surface area contributed by atoms with Gasteiger partial charge in [0.05, 0.1) is 12.3 Å². The molecule has 1 aliphatic heterocycles. The molecule has 1 saturated carbocycles. The molecule has 2 heterocycles. The second-order valence-corrected chi connectivity index (χ2v) is 8.08. The summed E-state index contributed by atoms with van der Waals surface area (Å²) in [6.45, 7) is 8.62. The van der Waals surface area contributed by atoms with Crippen molar-refractivity contribution in [1.29, 1.82) is 0 Å². The Morgan fingerprint density at radius 1 is 1.42 bits per heavy atom. The molecule has 0 amide bonds. The van der Waals surface area contributed by atoms with Gasteiger partial charge in [-0.15, -0.1) is 11.3 Å². The number of ether oxygens (including phenoxy) is 1. The van der Waals surface area contributed by atoms with Crippen LogP contribution in [-0.2, 0) is 11.2 Å². The van der Waals surface area contributed by atoms with Crippen LogP contribution in [0.2, 0.25) is 0 Å². The summed E-state index contributed by atoms with van der Waals surface area (Å²) in [6, 6.07) is 0. The first-order chi connectivity index (χ1) is 12.8. The third-order valence-electron chi connectivity index (χ3n) is 4.86. The Bertz CT molecular complexity index is 566. The number of hydrogen-bond donors (Lipinski definition) is 1. The minimum absolute atomic E-state index is 0.763. The number of thiazole rings is 1. The van der Waals surface area contributed by atoms with E-state index in [2.05, 4.69) is 34.5 Å². The van der Waals surface area contributed by atoms with Crippen LogP contribution in [0.25, 0.3) is 0 Å². The maximum Gasteiger partial charge on any atom is 0.193 e. The first kappa shape index (κ1) is 19.4. The summed E-state index contributed by atoms with van der Waals surface area (Å²) in [5.74, 6) is 1.78. The number of anilines is 1. The molecule has 1 aliphatic carbocycles. The maximum atomic E-state index is 5.74. The van der Waals surface area contributed by atoms with Crippen LogP contribution >= 0.6 is 11.3 Å². The number of likely N-dealkylation sites (N-methyl/N-ethyl adjacent to an activating group) is 1. The van der Waals surface area contributed by atoms with Gasteiger partial charge in [0, 0.05) is 58.2 Å². The molecule has 0 radical (unpaired) electrons. The highest BCUT2D eigenvalue weighted by atomic mass is 32.1. The van der Waals surface area contributed by atoms with Crippen LogP contribution in [0.5, 0.6) is 0 Å². The minimum atomic E-state index is 0.763. The van der Waals surface area contributed by atoms with Crippen molar-refractivity contribution in [2.75, 3.05) is 57.9 Å². The number of guanidine groups is 1. The number of aromatic nitrogens is 1. The predicted molar refractivity (Wildman–Crippen MR) is 109 cm³/mol. The standard InChI is InChI=1S/C19H33N5OS/c1-3-20-18(23(2)12-13-25-14-16-6-7-16)21-9-8-17-15-26-19(22-17)24-10-4-5-11-24/h15-16H,3-14H2,1-2H3,(H,20,21). The first-order valence-corrected chi connectivity index (χ1v) is 10.9. The summed E-state index contributed by atoms with van der Waals surface area (Å²) < 4.78 is 5.74. The molecule has 0 bridgehead atoms. The number of rotatable bonds is 10. The second-order valence-electron chi connectivity index (χ2n) is 7.24.